The molecule has 1 heterocycles. The van der Waals surface area contributed by atoms with Crippen LogP contribution in [0, 0.1) is 0 Å². The number of halogens is 7. The molecule has 0 fully saturated rings. The number of nitrogens with zero attached hydrogens (tertiary/aromatic N) is 3. The van der Waals surface area contributed by atoms with Crippen molar-refractivity contribution in [3.05, 3.63) is 11.7 Å². The standard InChI is InChI=1S/C15H21B3F7N5O/c1-5(14(20,21)22)26-10-28-9(29-11(30-10)27-6(2)15(23,24)25)7-3-4-12(16,17)13(18,31)8(7)19/h5-6,31H,3-4,16-18H2,1-2H3,(H2,26,27,28,29,30)/t5-,6-,13-/m1/s1. The highest BCUT2D eigenvalue weighted by molar-refractivity contribution is 6.45. The molecule has 3 N–H and O–H groups in total. The number of hydrogen-bond donors (Lipinski definition) is 3. The highest BCUT2D eigenvalue weighted by Crippen LogP contribution is 2.49. The molecule has 0 saturated heterocycles. The van der Waals surface area contributed by atoms with Crippen molar-refractivity contribution in [3.63, 3.8) is 0 Å². The summed E-state index contributed by atoms with van der Waals surface area (Å²) in [5.41, 5.74) is -2.15. The molecule has 0 unspecified atom stereocenters. The van der Waals surface area contributed by atoms with Gasteiger partial charge in [-0.15, -0.1) is 0 Å². The summed E-state index contributed by atoms with van der Waals surface area (Å²) < 4.78 is 92.5. The Bertz CT molecular complexity index is 820. The quantitative estimate of drug-likeness (QED) is 0.452. The van der Waals surface area contributed by atoms with Crippen molar-refractivity contribution in [1.29, 1.82) is 0 Å². The van der Waals surface area contributed by atoms with Gasteiger partial charge in [0.15, 0.2) is 13.7 Å². The van der Waals surface area contributed by atoms with E-state index in [4.69, 9.17) is 0 Å². The first-order chi connectivity index (χ1) is 13.9. The molecule has 2 rings (SSSR count). The Morgan fingerprint density at radius 2 is 1.32 bits per heavy atom. The van der Waals surface area contributed by atoms with Gasteiger partial charge in [-0.25, -0.2) is 4.39 Å². The Hall–Kier alpha value is -1.99. The van der Waals surface area contributed by atoms with Crippen LogP contribution < -0.4 is 10.6 Å². The van der Waals surface area contributed by atoms with E-state index < -0.39 is 58.7 Å². The summed E-state index contributed by atoms with van der Waals surface area (Å²) in [6.07, 6.45) is -9.09. The second-order valence-corrected chi connectivity index (χ2v) is 8.37. The third-order valence-electron chi connectivity index (χ3n) is 5.59. The number of rotatable bonds is 5. The van der Waals surface area contributed by atoms with E-state index in [2.05, 4.69) is 15.0 Å². The van der Waals surface area contributed by atoms with Crippen LogP contribution in [0.5, 0.6) is 0 Å². The van der Waals surface area contributed by atoms with Crippen LogP contribution >= 0.6 is 0 Å². The molecule has 0 saturated carbocycles. The van der Waals surface area contributed by atoms with E-state index in [1.54, 1.807) is 15.7 Å². The molecule has 170 valence electrons. The van der Waals surface area contributed by atoms with E-state index in [1.165, 1.54) is 7.85 Å². The lowest BCUT2D eigenvalue weighted by Crippen LogP contribution is -2.48. The smallest absolute Gasteiger partial charge is 0.393 e. The second kappa shape index (κ2) is 8.17. The van der Waals surface area contributed by atoms with E-state index >= 15 is 4.39 Å². The van der Waals surface area contributed by atoms with Gasteiger partial charge in [-0.1, -0.05) is 11.6 Å². The molecular weight excluding hydrogens is 432 g/mol. The summed E-state index contributed by atoms with van der Waals surface area (Å²) in [5.74, 6) is -2.83. The number of allylic oxidation sites excluding steroid dienone is 1. The van der Waals surface area contributed by atoms with Gasteiger partial charge in [0.05, 0.1) is 5.50 Å². The van der Waals surface area contributed by atoms with Crippen molar-refractivity contribution in [3.8, 4) is 0 Å². The molecule has 6 nitrogen and oxygen atoms in total. The van der Waals surface area contributed by atoms with Crippen LogP contribution in [0.2, 0.25) is 5.21 Å². The van der Waals surface area contributed by atoms with E-state index in [0.29, 0.717) is 0 Å². The Morgan fingerprint density at radius 1 is 0.903 bits per heavy atom. The second-order valence-electron chi connectivity index (χ2n) is 8.37. The monoisotopic (exact) mass is 453 g/mol. The molecule has 1 aliphatic carbocycles. The van der Waals surface area contributed by atoms with Crippen LogP contribution in [-0.4, -0.2) is 73.5 Å². The lowest BCUT2D eigenvalue weighted by Gasteiger charge is -2.44. The number of alkyl halides is 6. The summed E-state index contributed by atoms with van der Waals surface area (Å²) in [5, 5.41) is 13.6. The normalized spacial score (nSPS) is 23.9. The van der Waals surface area contributed by atoms with Crippen molar-refractivity contribution in [2.75, 3.05) is 10.6 Å². The Labute approximate surface area is 176 Å². The van der Waals surface area contributed by atoms with Gasteiger partial charge in [0.25, 0.3) is 0 Å². The zero-order valence-corrected chi connectivity index (χ0v) is 17.5. The molecule has 31 heavy (non-hydrogen) atoms. The zero-order chi connectivity index (χ0) is 24.0. The number of nitrogens with one attached hydrogen (secondary N) is 2. The molecular formula is C15H21B3F7N5O. The van der Waals surface area contributed by atoms with E-state index in [1.807, 2.05) is 10.6 Å². The van der Waals surface area contributed by atoms with Crippen molar-refractivity contribution < 1.29 is 35.8 Å². The lowest BCUT2D eigenvalue weighted by molar-refractivity contribution is -0.139. The minimum atomic E-state index is -4.69. The molecule has 0 amide bonds. The van der Waals surface area contributed by atoms with Gasteiger partial charge >= 0.3 is 12.4 Å². The highest BCUT2D eigenvalue weighted by Gasteiger charge is 2.47. The fourth-order valence-corrected chi connectivity index (χ4v) is 2.78. The van der Waals surface area contributed by atoms with Gasteiger partial charge in [-0.2, -0.15) is 41.3 Å². The largest absolute Gasteiger partial charge is 0.408 e. The molecule has 0 radical (unpaired) electrons. The molecule has 0 bridgehead atoms. The maximum Gasteiger partial charge on any atom is 0.408 e. The topological polar surface area (TPSA) is 83.0 Å². The Balaban J connectivity index is 2.56. The predicted octanol–water partition coefficient (Wildman–Crippen LogP) is 0.775. The Kier molecular flexibility index (Phi) is 6.66. The number of anilines is 2. The number of aromatic nitrogens is 3. The van der Waals surface area contributed by atoms with Crippen molar-refractivity contribution in [2.45, 2.75) is 61.8 Å². The summed E-state index contributed by atoms with van der Waals surface area (Å²) in [6.45, 7) is 1.53. The molecule has 1 aliphatic rings. The Morgan fingerprint density at radius 3 is 1.71 bits per heavy atom. The number of aliphatic hydroxyl groups is 1. The van der Waals surface area contributed by atoms with Gasteiger partial charge in [-0.05, 0) is 20.3 Å². The van der Waals surface area contributed by atoms with E-state index in [-0.39, 0.29) is 18.4 Å². The maximum absolute atomic E-state index is 15.1. The van der Waals surface area contributed by atoms with Crippen LogP contribution in [0.15, 0.2) is 5.83 Å². The molecule has 16 heteroatoms. The van der Waals surface area contributed by atoms with Crippen LogP contribution in [0.1, 0.15) is 32.5 Å². The first kappa shape index (κ1) is 25.3. The van der Waals surface area contributed by atoms with E-state index in [0.717, 1.165) is 13.8 Å². The summed E-state index contributed by atoms with van der Waals surface area (Å²) >= 11 is 0. The fourth-order valence-electron chi connectivity index (χ4n) is 2.78. The molecule has 0 spiro atoms. The molecule has 3 atom stereocenters. The summed E-state index contributed by atoms with van der Waals surface area (Å²) in [4.78, 5) is 11.1. The third kappa shape index (κ3) is 5.44. The first-order valence-corrected chi connectivity index (χ1v) is 9.40. The molecule has 1 aromatic heterocycles. The van der Waals surface area contributed by atoms with Gasteiger partial charge in [0.2, 0.25) is 11.9 Å². The van der Waals surface area contributed by atoms with Crippen LogP contribution in [0.3, 0.4) is 0 Å². The van der Waals surface area contributed by atoms with Crippen LogP contribution in [-0.2, 0) is 0 Å². The molecule has 0 aliphatic heterocycles. The maximum atomic E-state index is 15.1. The predicted molar refractivity (Wildman–Crippen MR) is 109 cm³/mol. The SMILES string of the molecule is BC1(B)CCC(c2nc(N[C@H](C)C(F)(F)F)nc(N[C@H](C)C(F)(F)F)n2)=C(F)[C@@]1(B)O. The summed E-state index contributed by atoms with van der Waals surface area (Å²) in [6, 6.07) is -4.27. The minimum Gasteiger partial charge on any atom is -0.393 e. The molecule has 0 aromatic carbocycles. The van der Waals surface area contributed by atoms with Gasteiger partial charge < -0.3 is 15.7 Å². The minimum absolute atomic E-state index is 0.0154. The highest BCUT2D eigenvalue weighted by atomic mass is 19.4. The van der Waals surface area contributed by atoms with Crippen molar-refractivity contribution >= 4 is 41.0 Å². The first-order valence-electron chi connectivity index (χ1n) is 9.40. The van der Waals surface area contributed by atoms with Gasteiger partial charge in [-0.3, -0.25) is 0 Å². The van der Waals surface area contributed by atoms with Gasteiger partial charge in [0, 0.05) is 5.57 Å². The average Bonchev–Trinajstić information content (AvgIpc) is 2.58. The van der Waals surface area contributed by atoms with Crippen LogP contribution in [0.4, 0.5) is 42.6 Å². The number of hydrogen-bond acceptors (Lipinski definition) is 6. The fraction of sp³-hybridized carbons (Fsp3) is 0.667. The van der Waals surface area contributed by atoms with Crippen molar-refractivity contribution in [1.82, 2.24) is 15.0 Å². The van der Waals surface area contributed by atoms with Crippen LogP contribution in [0.25, 0.3) is 5.57 Å². The zero-order valence-electron chi connectivity index (χ0n) is 17.5. The third-order valence-corrected chi connectivity index (χ3v) is 5.59. The lowest BCUT2D eigenvalue weighted by atomic mass is 9.37. The molecule has 1 aromatic rings. The van der Waals surface area contributed by atoms with Crippen molar-refractivity contribution in [2.24, 2.45) is 0 Å². The van der Waals surface area contributed by atoms with Gasteiger partial charge in [0.1, 0.15) is 33.6 Å². The summed E-state index contributed by atoms with van der Waals surface area (Å²) in [7, 11) is 4.50. The average molecular weight is 453 g/mol. The van der Waals surface area contributed by atoms with E-state index in [9.17, 15) is 31.4 Å².